The molecule has 11 heteroatoms. The minimum Gasteiger partial charge on any atom is -0.326 e. The van der Waals surface area contributed by atoms with Gasteiger partial charge in [-0.15, -0.1) is 0 Å². The first-order valence-electron chi connectivity index (χ1n) is 8.58. The number of aromatic amines is 2. The van der Waals surface area contributed by atoms with Crippen molar-refractivity contribution in [2.75, 3.05) is 18.4 Å². The van der Waals surface area contributed by atoms with E-state index in [1.165, 1.54) is 6.92 Å². The zero-order chi connectivity index (χ0) is 20.5. The summed E-state index contributed by atoms with van der Waals surface area (Å²) in [5, 5.41) is 3.28. The molecule has 2 aromatic rings. The van der Waals surface area contributed by atoms with Gasteiger partial charge in [-0.25, -0.2) is 13.2 Å². The predicted molar refractivity (Wildman–Crippen MR) is 104 cm³/mol. The van der Waals surface area contributed by atoms with E-state index in [4.69, 9.17) is 11.6 Å². The summed E-state index contributed by atoms with van der Waals surface area (Å²) in [6.45, 7) is 1.48. The van der Waals surface area contributed by atoms with Crippen LogP contribution in [0.4, 0.5) is 5.69 Å². The number of anilines is 1. The highest BCUT2D eigenvalue weighted by molar-refractivity contribution is 7.89. The summed E-state index contributed by atoms with van der Waals surface area (Å²) in [7, 11) is -4.16. The largest absolute Gasteiger partial charge is 0.326 e. The number of carbonyl (C=O) groups is 1. The van der Waals surface area contributed by atoms with Crippen LogP contribution >= 0.6 is 11.6 Å². The van der Waals surface area contributed by atoms with Crippen molar-refractivity contribution >= 4 is 33.2 Å². The number of hydrogen-bond donors (Lipinski definition) is 3. The highest BCUT2D eigenvalue weighted by Crippen LogP contribution is 2.24. The van der Waals surface area contributed by atoms with Crippen molar-refractivity contribution in [2.45, 2.75) is 24.7 Å². The summed E-state index contributed by atoms with van der Waals surface area (Å²) in [6, 6.07) is 6.58. The van der Waals surface area contributed by atoms with E-state index in [0.29, 0.717) is 23.6 Å². The minimum absolute atomic E-state index is 0.0403. The number of rotatable bonds is 4. The van der Waals surface area contributed by atoms with Crippen molar-refractivity contribution in [2.24, 2.45) is 5.92 Å². The number of sulfonamides is 1. The van der Waals surface area contributed by atoms with E-state index >= 15 is 0 Å². The Morgan fingerprint density at radius 3 is 2.54 bits per heavy atom. The molecule has 1 atom stereocenters. The SMILES string of the molecule is Cc1[nH]c(=O)[nH]c(=O)c1S(=O)(=O)N1CCCC(C(=O)Nc2ccc(Cl)cc2)C1. The Morgan fingerprint density at radius 1 is 1.21 bits per heavy atom. The molecule has 150 valence electrons. The van der Waals surface area contributed by atoms with Gasteiger partial charge in [0, 0.05) is 29.5 Å². The fourth-order valence-corrected chi connectivity index (χ4v) is 5.03. The molecule has 1 aromatic carbocycles. The van der Waals surface area contributed by atoms with Crippen LogP contribution in [0.1, 0.15) is 18.5 Å². The third-order valence-corrected chi connectivity index (χ3v) is 6.81. The number of halogens is 1. The lowest BCUT2D eigenvalue weighted by Crippen LogP contribution is -2.45. The van der Waals surface area contributed by atoms with E-state index < -0.39 is 32.1 Å². The van der Waals surface area contributed by atoms with E-state index in [-0.39, 0.29) is 24.7 Å². The van der Waals surface area contributed by atoms with Gasteiger partial charge in [0.1, 0.15) is 0 Å². The number of benzene rings is 1. The molecule has 1 unspecified atom stereocenters. The second-order valence-electron chi connectivity index (χ2n) is 6.56. The van der Waals surface area contributed by atoms with Gasteiger partial charge in [-0.05, 0) is 44.0 Å². The van der Waals surface area contributed by atoms with Crippen molar-refractivity contribution in [3.8, 4) is 0 Å². The van der Waals surface area contributed by atoms with Crippen molar-refractivity contribution in [1.29, 1.82) is 0 Å². The van der Waals surface area contributed by atoms with Crippen LogP contribution in [-0.4, -0.2) is 41.7 Å². The smallest absolute Gasteiger partial charge is 0.325 e. The van der Waals surface area contributed by atoms with Crippen LogP contribution < -0.4 is 16.6 Å². The third-order valence-electron chi connectivity index (χ3n) is 4.54. The number of amides is 1. The van der Waals surface area contributed by atoms with E-state index in [9.17, 15) is 22.8 Å². The molecule has 3 rings (SSSR count). The Kier molecular flexibility index (Phi) is 5.73. The van der Waals surface area contributed by atoms with Gasteiger partial charge < -0.3 is 10.3 Å². The lowest BCUT2D eigenvalue weighted by atomic mass is 9.99. The highest BCUT2D eigenvalue weighted by Gasteiger charge is 2.35. The van der Waals surface area contributed by atoms with E-state index in [1.807, 2.05) is 4.98 Å². The second-order valence-corrected chi connectivity index (χ2v) is 8.87. The molecular formula is C17H19ClN4O5S. The maximum Gasteiger partial charge on any atom is 0.325 e. The molecule has 1 fully saturated rings. The van der Waals surface area contributed by atoms with Crippen LogP contribution in [0.25, 0.3) is 0 Å². The van der Waals surface area contributed by atoms with Gasteiger partial charge in [-0.3, -0.25) is 14.6 Å². The molecule has 1 aromatic heterocycles. The standard InChI is InChI=1S/C17H19ClN4O5S/c1-10-14(16(24)21-17(25)19-10)28(26,27)22-8-2-3-11(9-22)15(23)20-13-6-4-12(18)5-7-13/h4-7,11H,2-3,8-9H2,1H3,(H,20,23)(H2,19,21,24,25). The monoisotopic (exact) mass is 426 g/mol. The molecule has 0 aliphatic carbocycles. The lowest BCUT2D eigenvalue weighted by Gasteiger charge is -2.31. The average Bonchev–Trinajstić information content (AvgIpc) is 2.62. The molecule has 1 saturated heterocycles. The molecule has 9 nitrogen and oxygen atoms in total. The zero-order valence-electron chi connectivity index (χ0n) is 15.0. The number of aromatic nitrogens is 2. The van der Waals surface area contributed by atoms with Gasteiger partial charge in [-0.2, -0.15) is 4.31 Å². The summed E-state index contributed by atoms with van der Waals surface area (Å²) in [5.74, 6) is -0.879. The summed E-state index contributed by atoms with van der Waals surface area (Å²) in [6.07, 6.45) is 0.991. The van der Waals surface area contributed by atoms with Crippen molar-refractivity contribution in [3.05, 3.63) is 55.8 Å². The molecule has 0 bridgehead atoms. The molecule has 0 spiro atoms. The Hall–Kier alpha value is -2.43. The molecule has 1 amide bonds. The predicted octanol–water partition coefficient (Wildman–Crippen LogP) is 1.06. The normalized spacial score (nSPS) is 18.0. The minimum atomic E-state index is -4.16. The quantitative estimate of drug-likeness (QED) is 0.672. The van der Waals surface area contributed by atoms with Crippen molar-refractivity contribution in [1.82, 2.24) is 14.3 Å². The lowest BCUT2D eigenvalue weighted by molar-refractivity contribution is -0.120. The van der Waals surface area contributed by atoms with Crippen LogP contribution in [0.2, 0.25) is 5.02 Å². The number of nitrogens with one attached hydrogen (secondary N) is 3. The fraction of sp³-hybridized carbons (Fsp3) is 0.353. The van der Waals surface area contributed by atoms with Crippen LogP contribution in [0.15, 0.2) is 38.8 Å². The summed E-state index contributed by atoms with van der Waals surface area (Å²) >= 11 is 5.82. The zero-order valence-corrected chi connectivity index (χ0v) is 16.6. The van der Waals surface area contributed by atoms with E-state index in [2.05, 4.69) is 10.3 Å². The first-order chi connectivity index (χ1) is 13.2. The second kappa shape index (κ2) is 7.90. The number of carbonyl (C=O) groups excluding carboxylic acids is 1. The van der Waals surface area contributed by atoms with Crippen LogP contribution in [0.3, 0.4) is 0 Å². The van der Waals surface area contributed by atoms with Gasteiger partial charge in [-0.1, -0.05) is 11.6 Å². The van der Waals surface area contributed by atoms with Gasteiger partial charge in [0.05, 0.1) is 5.92 Å². The topological polar surface area (TPSA) is 132 Å². The first-order valence-corrected chi connectivity index (χ1v) is 10.4. The number of H-pyrrole nitrogens is 2. The molecule has 2 heterocycles. The van der Waals surface area contributed by atoms with E-state index in [0.717, 1.165) is 4.31 Å². The molecular weight excluding hydrogens is 408 g/mol. The molecule has 3 N–H and O–H groups in total. The maximum absolute atomic E-state index is 12.9. The summed E-state index contributed by atoms with van der Waals surface area (Å²) < 4.78 is 27.0. The number of aryl methyl sites for hydroxylation is 1. The van der Waals surface area contributed by atoms with Crippen molar-refractivity contribution in [3.63, 3.8) is 0 Å². The summed E-state index contributed by atoms with van der Waals surface area (Å²) in [5.41, 5.74) is -1.24. The van der Waals surface area contributed by atoms with Gasteiger partial charge >= 0.3 is 5.69 Å². The Balaban J connectivity index is 1.81. The molecule has 1 aliphatic rings. The number of hydrogen-bond acceptors (Lipinski definition) is 5. The highest BCUT2D eigenvalue weighted by atomic mass is 35.5. The Labute approximate surface area is 165 Å². The first kappa shape index (κ1) is 20.3. The fourth-order valence-electron chi connectivity index (χ4n) is 3.18. The number of nitrogens with zero attached hydrogens (tertiary/aromatic N) is 1. The maximum atomic E-state index is 12.9. The third kappa shape index (κ3) is 4.18. The van der Waals surface area contributed by atoms with E-state index in [1.54, 1.807) is 24.3 Å². The molecule has 0 saturated carbocycles. The van der Waals surface area contributed by atoms with Gasteiger partial charge in [0.25, 0.3) is 5.56 Å². The molecule has 28 heavy (non-hydrogen) atoms. The van der Waals surface area contributed by atoms with Crippen LogP contribution in [-0.2, 0) is 14.8 Å². The Bertz CT molecular complexity index is 1110. The molecule has 0 radical (unpaired) electrons. The van der Waals surface area contributed by atoms with Crippen LogP contribution in [0.5, 0.6) is 0 Å². The molecule has 1 aliphatic heterocycles. The Morgan fingerprint density at radius 2 is 1.89 bits per heavy atom. The summed E-state index contributed by atoms with van der Waals surface area (Å²) in [4.78, 5) is 39.7. The number of piperidine rings is 1. The van der Waals surface area contributed by atoms with Gasteiger partial charge in [0.15, 0.2) is 4.90 Å². The van der Waals surface area contributed by atoms with Gasteiger partial charge in [0.2, 0.25) is 15.9 Å². The van der Waals surface area contributed by atoms with Crippen LogP contribution in [0, 0.1) is 12.8 Å². The average molecular weight is 427 g/mol. The van der Waals surface area contributed by atoms with Crippen molar-refractivity contribution < 1.29 is 13.2 Å².